The molecule has 11 nitrogen and oxygen atoms in total. The molecule has 1 aromatic heterocycles. The van der Waals surface area contributed by atoms with Crippen molar-refractivity contribution in [1.29, 1.82) is 0 Å². The number of aryl methyl sites for hydroxylation is 1. The number of benzene rings is 1. The van der Waals surface area contributed by atoms with Gasteiger partial charge in [-0.3, -0.25) is 24.7 Å². The Labute approximate surface area is 225 Å². The van der Waals surface area contributed by atoms with Gasteiger partial charge < -0.3 is 15.7 Å². The molecule has 39 heavy (non-hydrogen) atoms. The Balaban J connectivity index is 1.48. The predicted octanol–water partition coefficient (Wildman–Crippen LogP) is 1.26. The summed E-state index contributed by atoms with van der Waals surface area (Å²) in [6.45, 7) is 0.801. The van der Waals surface area contributed by atoms with Crippen LogP contribution in [0.2, 0.25) is 0 Å². The van der Waals surface area contributed by atoms with Crippen molar-refractivity contribution in [3.05, 3.63) is 51.7 Å². The summed E-state index contributed by atoms with van der Waals surface area (Å²) < 4.78 is 64.9. The lowest BCUT2D eigenvalue weighted by Gasteiger charge is -2.16. The number of nitrogens with one attached hydrogen (secondary N) is 4. The Morgan fingerprint density at radius 3 is 2.38 bits per heavy atom. The van der Waals surface area contributed by atoms with Crippen LogP contribution < -0.4 is 20.7 Å². The van der Waals surface area contributed by atoms with Crippen LogP contribution in [0.15, 0.2) is 46.3 Å². The molecule has 3 rings (SSSR count). The number of halogens is 3. The fraction of sp³-hybridized carbons (Fsp3) is 0.391. The Morgan fingerprint density at radius 2 is 1.77 bits per heavy atom. The topological polar surface area (TPSA) is 166 Å². The zero-order valence-electron chi connectivity index (χ0n) is 20.4. The van der Waals surface area contributed by atoms with Crippen molar-refractivity contribution in [2.75, 3.05) is 19.6 Å². The zero-order chi connectivity index (χ0) is 28.6. The minimum absolute atomic E-state index is 0.102. The number of aliphatic imine (C=N–C) groups is 1. The third kappa shape index (κ3) is 9.33. The van der Waals surface area contributed by atoms with Crippen molar-refractivity contribution in [2.24, 2.45) is 4.99 Å². The molecule has 0 saturated carbocycles. The van der Waals surface area contributed by atoms with Gasteiger partial charge in [-0.1, -0.05) is 0 Å². The number of amides is 2. The van der Waals surface area contributed by atoms with Gasteiger partial charge in [0.2, 0.25) is 21.8 Å². The predicted molar refractivity (Wildman–Crippen MR) is 136 cm³/mol. The van der Waals surface area contributed by atoms with Gasteiger partial charge in [0.1, 0.15) is 6.04 Å². The number of guanidine groups is 1. The zero-order valence-corrected chi connectivity index (χ0v) is 22.0. The monoisotopic (exact) mass is 589 g/mol. The van der Waals surface area contributed by atoms with E-state index in [4.69, 9.17) is 0 Å². The molecule has 2 amide bonds. The smallest absolute Gasteiger partial charge is 0.416 e. The number of sulfonamides is 1. The molecule has 16 heteroatoms. The Bertz CT molecular complexity index is 1330. The van der Waals surface area contributed by atoms with Crippen LogP contribution in [-0.2, 0) is 43.4 Å². The summed E-state index contributed by atoms with van der Waals surface area (Å²) in [7, 11) is -4.48. The van der Waals surface area contributed by atoms with Gasteiger partial charge in [0.25, 0.3) is 0 Å². The number of carbonyl (C=O) groups excluding carboxylic acids is 2. The molecular weight excluding hydrogens is 563 g/mol. The molecule has 2 aromatic rings. The largest absolute Gasteiger partial charge is 0.480 e. The molecule has 1 unspecified atom stereocenters. The average Bonchev–Trinajstić information content (AvgIpc) is 3.32. The van der Waals surface area contributed by atoms with Gasteiger partial charge in [0.05, 0.1) is 16.9 Å². The average molecular weight is 590 g/mol. The fourth-order valence-electron chi connectivity index (χ4n) is 3.39. The third-order valence-electron chi connectivity index (χ3n) is 5.40. The molecule has 212 valence electrons. The summed E-state index contributed by atoms with van der Waals surface area (Å²) in [5, 5.41) is 17.4. The van der Waals surface area contributed by atoms with Gasteiger partial charge in [-0.25, -0.2) is 8.42 Å². The van der Waals surface area contributed by atoms with Gasteiger partial charge in [0, 0.05) is 35.8 Å². The molecule has 0 radical (unpaired) electrons. The number of carboxylic acids is 1. The van der Waals surface area contributed by atoms with Crippen LogP contribution >= 0.6 is 11.3 Å². The number of aliphatic carboxylic acids is 1. The van der Waals surface area contributed by atoms with Crippen LogP contribution in [0.1, 0.15) is 28.2 Å². The summed E-state index contributed by atoms with van der Waals surface area (Å²) >= 11 is 1.31. The van der Waals surface area contributed by atoms with E-state index < -0.39 is 51.1 Å². The normalized spacial score (nSPS) is 14.6. The van der Waals surface area contributed by atoms with Crippen LogP contribution in [0.3, 0.4) is 0 Å². The number of alkyl halides is 3. The highest BCUT2D eigenvalue weighted by molar-refractivity contribution is 7.89. The lowest BCUT2D eigenvalue weighted by molar-refractivity contribution is -0.139. The summed E-state index contributed by atoms with van der Waals surface area (Å²) in [5.74, 6) is -1.90. The number of thiophene rings is 1. The molecule has 1 aliphatic heterocycles. The lowest BCUT2D eigenvalue weighted by Crippen LogP contribution is -2.48. The summed E-state index contributed by atoms with van der Waals surface area (Å²) in [6.07, 6.45) is -3.20. The molecule has 0 fully saturated rings. The molecule has 0 aliphatic carbocycles. The van der Waals surface area contributed by atoms with Crippen LogP contribution in [0.4, 0.5) is 13.2 Å². The van der Waals surface area contributed by atoms with Crippen molar-refractivity contribution >= 4 is 45.1 Å². The number of hydrogen-bond acceptors (Lipinski definition) is 8. The number of hydrogen-bond donors (Lipinski definition) is 5. The van der Waals surface area contributed by atoms with Crippen LogP contribution in [-0.4, -0.2) is 62.9 Å². The maximum atomic E-state index is 12.7. The van der Waals surface area contributed by atoms with E-state index in [-0.39, 0.29) is 18.7 Å². The van der Waals surface area contributed by atoms with E-state index in [1.54, 1.807) is 12.1 Å². The maximum absolute atomic E-state index is 12.7. The van der Waals surface area contributed by atoms with E-state index >= 15 is 0 Å². The Kier molecular flexibility index (Phi) is 10.0. The highest BCUT2D eigenvalue weighted by Gasteiger charge is 2.31. The summed E-state index contributed by atoms with van der Waals surface area (Å²) in [4.78, 5) is 41.1. The second-order valence-corrected chi connectivity index (χ2v) is 11.4. The minimum Gasteiger partial charge on any atom is -0.480 e. The summed E-state index contributed by atoms with van der Waals surface area (Å²) in [5.41, 5.74) is -1.06. The molecule has 1 aromatic carbocycles. The fourth-order valence-corrected chi connectivity index (χ4v) is 5.60. The van der Waals surface area contributed by atoms with E-state index in [0.29, 0.717) is 48.1 Å². The molecule has 0 saturated heterocycles. The standard InChI is InChI=1S/C23H26F3N5O6S2/c24-23(25,26)14-2-7-17(8-3-14)39(36,37)31-18(21(34)35)13-29-20(33)12-16-5-4-15(38-16)6-9-19(32)30-22-27-10-1-11-28-22/h2-5,7-8,18,31H,1,6,9-13H2,(H,29,33)(H,34,35)(H2,27,28,30,32). The maximum Gasteiger partial charge on any atom is 0.416 e. The van der Waals surface area contributed by atoms with Crippen molar-refractivity contribution in [3.63, 3.8) is 0 Å². The summed E-state index contributed by atoms with van der Waals surface area (Å²) in [6, 6.07) is 4.26. The molecule has 5 N–H and O–H groups in total. The van der Waals surface area contributed by atoms with Crippen LogP contribution in [0.5, 0.6) is 0 Å². The first kappa shape index (κ1) is 30.0. The SMILES string of the molecule is O=C(Cc1ccc(CCC(=O)NC2=NCCCN2)s1)NCC(NS(=O)(=O)c1ccc(C(F)(F)F)cc1)C(=O)O. The van der Waals surface area contributed by atoms with E-state index in [9.17, 15) is 41.1 Å². The van der Waals surface area contributed by atoms with E-state index in [1.807, 2.05) is 4.72 Å². The second kappa shape index (κ2) is 13.0. The van der Waals surface area contributed by atoms with Crippen molar-refractivity contribution in [2.45, 2.75) is 42.8 Å². The molecule has 2 heterocycles. The number of rotatable bonds is 11. The highest BCUT2D eigenvalue weighted by Crippen LogP contribution is 2.29. The molecule has 0 bridgehead atoms. The molecule has 1 aliphatic rings. The molecule has 1 atom stereocenters. The quantitative estimate of drug-likeness (QED) is 0.263. The van der Waals surface area contributed by atoms with E-state index in [0.717, 1.165) is 17.8 Å². The van der Waals surface area contributed by atoms with Gasteiger partial charge in [0.15, 0.2) is 5.96 Å². The second-order valence-electron chi connectivity index (χ2n) is 8.44. The molecule has 0 spiro atoms. The Morgan fingerprint density at radius 1 is 1.08 bits per heavy atom. The first-order chi connectivity index (χ1) is 18.3. The van der Waals surface area contributed by atoms with Gasteiger partial charge in [-0.15, -0.1) is 11.3 Å². The first-order valence-electron chi connectivity index (χ1n) is 11.7. The lowest BCUT2D eigenvalue weighted by atomic mass is 10.2. The van der Waals surface area contributed by atoms with Gasteiger partial charge in [-0.2, -0.15) is 17.9 Å². The number of carbonyl (C=O) groups is 3. The highest BCUT2D eigenvalue weighted by atomic mass is 32.2. The van der Waals surface area contributed by atoms with Crippen LogP contribution in [0.25, 0.3) is 0 Å². The number of nitrogens with zero attached hydrogens (tertiary/aromatic N) is 1. The molecular formula is C23H26F3N5O6S2. The third-order valence-corrected chi connectivity index (χ3v) is 8.03. The van der Waals surface area contributed by atoms with Crippen molar-refractivity contribution < 1.29 is 41.1 Å². The van der Waals surface area contributed by atoms with E-state index in [1.165, 1.54) is 11.3 Å². The van der Waals surface area contributed by atoms with Crippen LogP contribution in [0, 0.1) is 0 Å². The Hall–Kier alpha value is -3.50. The first-order valence-corrected chi connectivity index (χ1v) is 14.0. The van der Waals surface area contributed by atoms with Crippen molar-refractivity contribution in [3.8, 4) is 0 Å². The van der Waals surface area contributed by atoms with Gasteiger partial charge in [-0.05, 0) is 49.2 Å². The number of carboxylic acid groups (broad SMARTS) is 1. The van der Waals surface area contributed by atoms with Crippen molar-refractivity contribution in [1.82, 2.24) is 20.7 Å². The minimum atomic E-state index is -4.66. The van der Waals surface area contributed by atoms with Gasteiger partial charge >= 0.3 is 12.1 Å². The van der Waals surface area contributed by atoms with E-state index in [2.05, 4.69) is 20.9 Å².